The van der Waals surface area contributed by atoms with Gasteiger partial charge in [0, 0.05) is 158 Å². The van der Waals surface area contributed by atoms with Gasteiger partial charge in [-0.05, 0) is 129 Å². The molecule has 0 amide bonds. The fraction of sp³-hybridized carbons (Fsp3) is 0.0769. The van der Waals surface area contributed by atoms with E-state index < -0.39 is 0 Å². The molecule has 0 atom stereocenters. The van der Waals surface area contributed by atoms with Crippen molar-refractivity contribution in [2.24, 2.45) is 21.1 Å². The predicted octanol–water partition coefficient (Wildman–Crippen LogP) is 13.7. The largest absolute Gasteiger partial charge is 0.399 e. The summed E-state index contributed by atoms with van der Waals surface area (Å²) in [5.41, 5.74) is 32.2. The highest BCUT2D eigenvalue weighted by Crippen LogP contribution is 2.35. The highest BCUT2D eigenvalue weighted by Gasteiger charge is 2.15. The van der Waals surface area contributed by atoms with Crippen LogP contribution in [0, 0.1) is 10.1 Å². The summed E-state index contributed by atoms with van der Waals surface area (Å²) in [6, 6.07) is 52.1. The Morgan fingerprint density at radius 3 is 1.28 bits per heavy atom. The lowest BCUT2D eigenvalue weighted by molar-refractivity contribution is -0.384. The number of non-ortho nitro benzene ring substituents is 1. The van der Waals surface area contributed by atoms with E-state index in [2.05, 4.69) is 165 Å². The summed E-state index contributed by atoms with van der Waals surface area (Å²) in [6.07, 6.45) is 16.4. The van der Waals surface area contributed by atoms with E-state index in [1.165, 1.54) is 33.3 Å². The molecule has 0 saturated heterocycles. The predicted molar refractivity (Wildman–Crippen MR) is 327 cm³/mol. The molecule has 0 fully saturated rings. The molecule has 0 aliphatic rings. The molecule has 16 nitrogen and oxygen atoms in total. The van der Waals surface area contributed by atoms with E-state index >= 15 is 0 Å². The number of nitrogen functional groups attached to an aromatic ring is 2. The maximum absolute atomic E-state index is 11.0. The first-order valence-corrected chi connectivity index (χ1v) is 26.2. The molecule has 0 bridgehead atoms. The molecule has 16 heteroatoms. The van der Waals surface area contributed by atoms with Crippen LogP contribution in [-0.2, 0) is 34.2 Å². The van der Waals surface area contributed by atoms with E-state index in [1.54, 1.807) is 49.3 Å². The number of nitro benzene ring substituents is 1. The van der Waals surface area contributed by atoms with E-state index in [9.17, 15) is 10.1 Å². The van der Waals surface area contributed by atoms with Crippen molar-refractivity contribution in [2.45, 2.75) is 13.1 Å². The molecular formula is C65H54N14O2. The van der Waals surface area contributed by atoms with Crippen LogP contribution < -0.4 is 22.1 Å². The molecule has 0 spiro atoms. The van der Waals surface area contributed by atoms with Gasteiger partial charge in [0.25, 0.3) is 5.69 Å². The third-order valence-corrected chi connectivity index (χ3v) is 14.4. The molecule has 0 aliphatic heterocycles. The summed E-state index contributed by atoms with van der Waals surface area (Å²) in [5, 5.41) is 21.6. The van der Waals surface area contributed by atoms with Crippen molar-refractivity contribution >= 4 is 94.2 Å². The number of nitrogens with two attached hydrogens (primary N) is 2. The van der Waals surface area contributed by atoms with Crippen LogP contribution in [0.3, 0.4) is 0 Å². The summed E-state index contributed by atoms with van der Waals surface area (Å²) in [4.78, 5) is 37.7. The monoisotopic (exact) mass is 1060 g/mol. The third kappa shape index (κ3) is 10.7. The number of aryl methyl sites for hydroxylation is 3. The summed E-state index contributed by atoms with van der Waals surface area (Å²) in [6.45, 7) is 1.15. The Kier molecular flexibility index (Phi) is 13.7. The maximum Gasteiger partial charge on any atom is 0.269 e. The summed E-state index contributed by atoms with van der Waals surface area (Å²) >= 11 is 0. The van der Waals surface area contributed by atoms with Crippen LogP contribution in [-0.4, -0.2) is 48.5 Å². The minimum absolute atomic E-state index is 0.0836. The van der Waals surface area contributed by atoms with Gasteiger partial charge in [0.05, 0.1) is 38.0 Å². The number of benzene rings is 8. The van der Waals surface area contributed by atoms with Crippen LogP contribution in [0.15, 0.2) is 213 Å². The van der Waals surface area contributed by atoms with Crippen LogP contribution in [0.5, 0.6) is 0 Å². The van der Waals surface area contributed by atoms with Crippen molar-refractivity contribution in [3.8, 4) is 33.4 Å². The number of fused-ring (bicyclic) bond motifs is 6. The summed E-state index contributed by atoms with van der Waals surface area (Å²) in [5.74, 6) is 0. The first kappa shape index (κ1) is 50.8. The zero-order valence-electron chi connectivity index (χ0n) is 44.6. The number of rotatable bonds is 10. The molecule has 0 radical (unpaired) electrons. The van der Waals surface area contributed by atoms with E-state index in [0.717, 1.165) is 100 Å². The molecule has 81 heavy (non-hydrogen) atoms. The normalized spacial score (nSPS) is 11.2. The minimum atomic E-state index is -0.382. The quantitative estimate of drug-likeness (QED) is 0.0572. The minimum Gasteiger partial charge on any atom is -0.399 e. The van der Waals surface area contributed by atoms with Gasteiger partial charge in [0.15, 0.2) is 0 Å². The molecule has 0 unspecified atom stereocenters. The smallest absolute Gasteiger partial charge is 0.269 e. The number of anilines is 4. The number of nitrogens with zero attached hydrogens (tertiary/aromatic N) is 10. The first-order chi connectivity index (χ1) is 39.5. The van der Waals surface area contributed by atoms with Gasteiger partial charge in [-0.2, -0.15) is 0 Å². The van der Waals surface area contributed by atoms with Crippen molar-refractivity contribution < 1.29 is 4.92 Å². The van der Waals surface area contributed by atoms with E-state index in [4.69, 9.17) is 11.5 Å². The maximum atomic E-state index is 11.0. The van der Waals surface area contributed by atoms with Gasteiger partial charge in [0.2, 0.25) is 0 Å². The lowest BCUT2D eigenvalue weighted by Gasteiger charge is -2.12. The Morgan fingerprint density at radius 2 is 0.840 bits per heavy atom. The van der Waals surface area contributed by atoms with Crippen molar-refractivity contribution in [3.63, 3.8) is 0 Å². The van der Waals surface area contributed by atoms with E-state index in [1.807, 2.05) is 68.8 Å². The fourth-order valence-corrected chi connectivity index (χ4v) is 10.3. The Morgan fingerprint density at radius 1 is 0.432 bits per heavy atom. The van der Waals surface area contributed by atoms with Crippen LogP contribution >= 0.6 is 0 Å². The van der Waals surface area contributed by atoms with Crippen LogP contribution in [0.2, 0.25) is 0 Å². The Labute approximate surface area is 465 Å². The fourth-order valence-electron chi connectivity index (χ4n) is 10.3. The molecular weight excluding hydrogens is 1010 g/mol. The zero-order valence-corrected chi connectivity index (χ0v) is 44.6. The second-order valence-electron chi connectivity index (χ2n) is 19.9. The number of nitro groups is 1. The number of hydrogen-bond acceptors (Lipinski definition) is 12. The molecule has 0 aliphatic carbocycles. The van der Waals surface area contributed by atoms with Crippen molar-refractivity contribution in [1.29, 1.82) is 0 Å². The lowest BCUT2D eigenvalue weighted by Crippen LogP contribution is -2.01. The summed E-state index contributed by atoms with van der Waals surface area (Å²) < 4.78 is 6.34. The third-order valence-electron chi connectivity index (χ3n) is 14.4. The molecule has 6 heterocycles. The van der Waals surface area contributed by atoms with Crippen molar-refractivity contribution in [3.05, 3.63) is 235 Å². The molecule has 396 valence electrons. The van der Waals surface area contributed by atoms with E-state index in [-0.39, 0.29) is 10.6 Å². The van der Waals surface area contributed by atoms with E-state index in [0.29, 0.717) is 18.8 Å². The molecule has 8 aromatic carbocycles. The van der Waals surface area contributed by atoms with Gasteiger partial charge in [-0.1, -0.05) is 60.7 Å². The second kappa shape index (κ2) is 21.8. The first-order valence-electron chi connectivity index (χ1n) is 26.2. The zero-order chi connectivity index (χ0) is 55.6. The summed E-state index contributed by atoms with van der Waals surface area (Å²) in [7, 11) is 6.14. The lowest BCUT2D eigenvalue weighted by atomic mass is 10.0. The van der Waals surface area contributed by atoms with Crippen LogP contribution in [0.4, 0.5) is 28.4 Å². The van der Waals surface area contributed by atoms with Crippen LogP contribution in [0.1, 0.15) is 11.1 Å². The average Bonchev–Trinajstić information content (AvgIpc) is 4.35. The Hall–Kier alpha value is -11.0. The highest BCUT2D eigenvalue weighted by atomic mass is 16.6. The van der Waals surface area contributed by atoms with Gasteiger partial charge in [-0.15, -0.1) is 0 Å². The molecule has 0 saturated carbocycles. The van der Waals surface area contributed by atoms with Crippen molar-refractivity contribution in [2.75, 3.05) is 22.1 Å². The number of hydrogen-bond donors (Lipinski definition) is 4. The Balaban J connectivity index is 0.000000123. The van der Waals surface area contributed by atoms with Crippen molar-refractivity contribution in [1.82, 2.24) is 43.6 Å². The van der Waals surface area contributed by atoms with Gasteiger partial charge >= 0.3 is 0 Å². The molecule has 14 aromatic rings. The molecule has 6 N–H and O–H groups in total. The number of aromatic nitrogens is 9. The second-order valence-corrected chi connectivity index (χ2v) is 19.9. The Bertz CT molecular complexity index is 4680. The van der Waals surface area contributed by atoms with Gasteiger partial charge in [-0.3, -0.25) is 40.0 Å². The van der Waals surface area contributed by atoms with Crippen LogP contribution in [0.25, 0.3) is 99.2 Å². The van der Waals surface area contributed by atoms with Gasteiger partial charge in [0.1, 0.15) is 0 Å². The molecule has 6 aromatic heterocycles. The highest BCUT2D eigenvalue weighted by molar-refractivity contribution is 5.99. The molecule has 14 rings (SSSR count). The van der Waals surface area contributed by atoms with Gasteiger partial charge in [-0.25, -0.2) is 0 Å². The number of nitrogens with one attached hydrogen (secondary N) is 2. The standard InChI is InChI=1S/C24H19N5O2.C24H21N5.C17H14N4/c1-28-10-7-17-5-6-18(12-23(17)28)21-13-19(14-22-24(21)26-9-8-25-22)27-15-16-3-2-4-20(11-16)29(30)31;1-29-10-7-17-5-6-18(12-23(17)29)21-13-20(14-22-24(21)27-9-8-26-22)28-15-16-3-2-4-19(25)11-16;1-21-7-4-11-2-3-12(8-16(11)21)14-9-13(18)10-15-17(14)20-6-5-19-15/h2-14,27H,15H2,1H3;2-14,28H,15,25H2,1H3;2-10H,18H2,1H3. The topological polar surface area (TPSA) is 211 Å². The SMILES string of the molecule is Cn1ccc2ccc(-c3cc(N)cc4nccnc34)cc21.Cn1ccc2ccc(-c3cc(NCc4cccc(N)c4)cc4nccnc34)cc21.Cn1ccc2ccc(-c3cc(NCc4cccc([N+](=O)[O-])c4)cc4nccnc34)cc21. The average molecular weight is 1060 g/mol. The van der Waals surface area contributed by atoms with Gasteiger partial charge < -0.3 is 35.8 Å².